The van der Waals surface area contributed by atoms with E-state index < -0.39 is 5.60 Å². The highest BCUT2D eigenvalue weighted by Crippen LogP contribution is 2.32. The van der Waals surface area contributed by atoms with Gasteiger partial charge in [-0.2, -0.15) is 5.10 Å². The summed E-state index contributed by atoms with van der Waals surface area (Å²) < 4.78 is 2.96. The summed E-state index contributed by atoms with van der Waals surface area (Å²) in [6.07, 6.45) is 1.22. The third-order valence-electron chi connectivity index (χ3n) is 3.81. The predicted molar refractivity (Wildman–Crippen MR) is 84.7 cm³/mol. The van der Waals surface area contributed by atoms with E-state index in [-0.39, 0.29) is 0 Å². The normalized spacial score (nSPS) is 14.2. The van der Waals surface area contributed by atoms with Gasteiger partial charge in [0.1, 0.15) is 0 Å². The molecule has 4 heteroatoms. The molecule has 0 bridgehead atoms. The topological polar surface area (TPSA) is 38.0 Å². The standard InChI is InChI=1S/C16H21BrN2O/c1-4-16(20,13-9-7-6-8-10-13)11-14-15(17)12(3)18-19(14)5-2/h6-10,20H,4-5,11H2,1-3H3. The first-order valence-corrected chi connectivity index (χ1v) is 7.80. The van der Waals surface area contributed by atoms with Crippen LogP contribution in [-0.4, -0.2) is 14.9 Å². The van der Waals surface area contributed by atoms with Crippen molar-refractivity contribution in [3.05, 3.63) is 51.8 Å². The van der Waals surface area contributed by atoms with E-state index in [1.807, 2.05) is 48.9 Å². The Kier molecular flexibility index (Phi) is 4.66. The summed E-state index contributed by atoms with van der Waals surface area (Å²) >= 11 is 3.60. The number of hydrogen-bond acceptors (Lipinski definition) is 2. The SMILES string of the molecule is CCn1nc(C)c(Br)c1CC(O)(CC)c1ccccc1. The van der Waals surface area contributed by atoms with Crippen LogP contribution in [0.15, 0.2) is 34.8 Å². The molecule has 1 aromatic carbocycles. The molecule has 1 unspecified atom stereocenters. The van der Waals surface area contributed by atoms with Gasteiger partial charge in [0.15, 0.2) is 0 Å². The minimum atomic E-state index is -0.858. The van der Waals surface area contributed by atoms with Crippen LogP contribution in [0.2, 0.25) is 0 Å². The van der Waals surface area contributed by atoms with Crippen LogP contribution in [0.4, 0.5) is 0 Å². The monoisotopic (exact) mass is 336 g/mol. The molecule has 0 aliphatic heterocycles. The highest BCUT2D eigenvalue weighted by Gasteiger charge is 2.30. The largest absolute Gasteiger partial charge is 0.385 e. The molecule has 0 aliphatic rings. The second kappa shape index (κ2) is 6.10. The second-order valence-corrected chi connectivity index (χ2v) is 5.88. The Balaban J connectivity index is 2.41. The molecule has 108 valence electrons. The van der Waals surface area contributed by atoms with Crippen LogP contribution in [-0.2, 0) is 18.6 Å². The summed E-state index contributed by atoms with van der Waals surface area (Å²) in [6.45, 7) is 6.86. The van der Waals surface area contributed by atoms with Crippen molar-refractivity contribution in [2.45, 2.75) is 45.8 Å². The number of aryl methyl sites for hydroxylation is 2. The van der Waals surface area contributed by atoms with Crippen molar-refractivity contribution in [3.63, 3.8) is 0 Å². The van der Waals surface area contributed by atoms with Crippen LogP contribution in [0.1, 0.15) is 37.2 Å². The number of rotatable bonds is 5. The Morgan fingerprint density at radius 3 is 2.45 bits per heavy atom. The van der Waals surface area contributed by atoms with Gasteiger partial charge in [-0.05, 0) is 41.8 Å². The summed E-state index contributed by atoms with van der Waals surface area (Å²) in [5.74, 6) is 0. The first-order chi connectivity index (χ1) is 9.51. The number of aromatic nitrogens is 2. The molecular weight excluding hydrogens is 316 g/mol. The number of benzene rings is 1. The van der Waals surface area contributed by atoms with Crippen LogP contribution in [0.3, 0.4) is 0 Å². The number of aliphatic hydroxyl groups is 1. The van der Waals surface area contributed by atoms with Crippen molar-refractivity contribution < 1.29 is 5.11 Å². The van der Waals surface area contributed by atoms with Crippen molar-refractivity contribution in [1.29, 1.82) is 0 Å². The van der Waals surface area contributed by atoms with Crippen molar-refractivity contribution in [3.8, 4) is 0 Å². The average molecular weight is 337 g/mol. The van der Waals surface area contributed by atoms with Gasteiger partial charge in [0, 0.05) is 13.0 Å². The van der Waals surface area contributed by atoms with E-state index in [1.165, 1.54) is 0 Å². The van der Waals surface area contributed by atoms with E-state index in [9.17, 15) is 5.11 Å². The average Bonchev–Trinajstić information content (AvgIpc) is 2.75. The Bertz CT molecular complexity index is 580. The first-order valence-electron chi connectivity index (χ1n) is 7.01. The van der Waals surface area contributed by atoms with E-state index >= 15 is 0 Å². The number of hydrogen-bond donors (Lipinski definition) is 1. The van der Waals surface area contributed by atoms with Crippen molar-refractivity contribution in [2.24, 2.45) is 0 Å². The van der Waals surface area contributed by atoms with Crippen LogP contribution >= 0.6 is 15.9 Å². The maximum Gasteiger partial charge on any atom is 0.0949 e. The van der Waals surface area contributed by atoms with Gasteiger partial charge in [-0.25, -0.2) is 0 Å². The third-order valence-corrected chi connectivity index (χ3v) is 4.84. The lowest BCUT2D eigenvalue weighted by Gasteiger charge is -2.28. The molecule has 2 aromatic rings. The zero-order valence-corrected chi connectivity index (χ0v) is 13.8. The van der Waals surface area contributed by atoms with Gasteiger partial charge in [0.2, 0.25) is 0 Å². The molecule has 1 heterocycles. The van der Waals surface area contributed by atoms with Gasteiger partial charge in [0.25, 0.3) is 0 Å². The van der Waals surface area contributed by atoms with Gasteiger partial charge in [0.05, 0.1) is 21.5 Å². The van der Waals surface area contributed by atoms with Crippen molar-refractivity contribution in [1.82, 2.24) is 9.78 Å². The number of halogens is 1. The molecule has 0 saturated carbocycles. The zero-order chi connectivity index (χ0) is 14.8. The van der Waals surface area contributed by atoms with Gasteiger partial charge in [-0.1, -0.05) is 37.3 Å². The molecule has 0 aliphatic carbocycles. The van der Waals surface area contributed by atoms with Gasteiger partial charge in [-0.15, -0.1) is 0 Å². The van der Waals surface area contributed by atoms with Crippen LogP contribution in [0, 0.1) is 6.92 Å². The minimum Gasteiger partial charge on any atom is -0.385 e. The van der Waals surface area contributed by atoms with Gasteiger partial charge < -0.3 is 5.11 Å². The Morgan fingerprint density at radius 2 is 1.90 bits per heavy atom. The first kappa shape index (κ1) is 15.3. The van der Waals surface area contributed by atoms with E-state index in [4.69, 9.17) is 0 Å². The van der Waals surface area contributed by atoms with Gasteiger partial charge in [-0.3, -0.25) is 4.68 Å². The fourth-order valence-electron chi connectivity index (χ4n) is 2.49. The molecule has 0 amide bonds. The molecule has 0 spiro atoms. The molecule has 1 N–H and O–H groups in total. The molecule has 0 saturated heterocycles. The molecule has 3 nitrogen and oxygen atoms in total. The predicted octanol–water partition coefficient (Wildman–Crippen LogP) is 3.81. The van der Waals surface area contributed by atoms with E-state index in [1.54, 1.807) is 0 Å². The van der Waals surface area contributed by atoms with E-state index in [0.29, 0.717) is 12.8 Å². The van der Waals surface area contributed by atoms with Gasteiger partial charge >= 0.3 is 0 Å². The Labute approximate surface area is 128 Å². The Hall–Kier alpha value is -1.13. The highest BCUT2D eigenvalue weighted by atomic mass is 79.9. The fraction of sp³-hybridized carbons (Fsp3) is 0.438. The summed E-state index contributed by atoms with van der Waals surface area (Å²) in [5, 5.41) is 15.5. The molecule has 1 aromatic heterocycles. The van der Waals surface area contributed by atoms with E-state index in [2.05, 4.69) is 28.0 Å². The maximum atomic E-state index is 11.0. The van der Waals surface area contributed by atoms with Crippen LogP contribution < -0.4 is 0 Å². The third kappa shape index (κ3) is 2.81. The van der Waals surface area contributed by atoms with Crippen molar-refractivity contribution >= 4 is 15.9 Å². The molecule has 1 atom stereocenters. The highest BCUT2D eigenvalue weighted by molar-refractivity contribution is 9.10. The summed E-state index contributed by atoms with van der Waals surface area (Å²) in [6, 6.07) is 9.87. The second-order valence-electron chi connectivity index (χ2n) is 5.09. The minimum absolute atomic E-state index is 0.558. The quantitative estimate of drug-likeness (QED) is 0.901. The summed E-state index contributed by atoms with van der Waals surface area (Å²) in [7, 11) is 0. The molecule has 0 fully saturated rings. The van der Waals surface area contributed by atoms with Crippen LogP contribution in [0.25, 0.3) is 0 Å². The Morgan fingerprint density at radius 1 is 1.25 bits per heavy atom. The summed E-state index contributed by atoms with van der Waals surface area (Å²) in [5.41, 5.74) is 2.12. The molecule has 0 radical (unpaired) electrons. The van der Waals surface area contributed by atoms with E-state index in [0.717, 1.165) is 28.0 Å². The van der Waals surface area contributed by atoms with Crippen molar-refractivity contribution in [2.75, 3.05) is 0 Å². The lowest BCUT2D eigenvalue weighted by molar-refractivity contribution is 0.0305. The summed E-state index contributed by atoms with van der Waals surface area (Å²) in [4.78, 5) is 0. The molecular formula is C16H21BrN2O. The lowest BCUT2D eigenvalue weighted by Crippen LogP contribution is -2.29. The lowest BCUT2D eigenvalue weighted by atomic mass is 9.86. The maximum absolute atomic E-state index is 11.0. The molecule has 2 rings (SSSR count). The number of nitrogens with zero attached hydrogens (tertiary/aromatic N) is 2. The van der Waals surface area contributed by atoms with Crippen LogP contribution in [0.5, 0.6) is 0 Å². The smallest absolute Gasteiger partial charge is 0.0949 e. The zero-order valence-electron chi connectivity index (χ0n) is 12.2. The fourth-order valence-corrected chi connectivity index (χ4v) is 2.92. The molecule has 20 heavy (non-hydrogen) atoms.